The highest BCUT2D eigenvalue weighted by Gasteiger charge is 2.13. The number of anilines is 1. The van der Waals surface area contributed by atoms with E-state index in [1.165, 1.54) is 0 Å². The van der Waals surface area contributed by atoms with Crippen LogP contribution < -0.4 is 15.8 Å². The number of carbonyl (C=O) groups excluding carboxylic acids is 1. The number of nitrogens with zero attached hydrogens (tertiary/aromatic N) is 3. The van der Waals surface area contributed by atoms with Crippen LogP contribution in [0.1, 0.15) is 12.0 Å². The highest BCUT2D eigenvalue weighted by atomic mass is 16.2. The molecule has 1 amide bonds. The van der Waals surface area contributed by atoms with Crippen molar-refractivity contribution in [1.82, 2.24) is 14.9 Å². The van der Waals surface area contributed by atoms with Gasteiger partial charge in [-0.3, -0.25) is 9.59 Å². The molecule has 6 nitrogen and oxygen atoms in total. The molecule has 3 rings (SSSR count). The van der Waals surface area contributed by atoms with E-state index < -0.39 is 0 Å². The third-order valence-corrected chi connectivity index (χ3v) is 4.15. The summed E-state index contributed by atoms with van der Waals surface area (Å²) in [6, 6.07) is 17.2. The smallest absolute Gasteiger partial charge is 0.293 e. The van der Waals surface area contributed by atoms with Gasteiger partial charge in [-0.2, -0.15) is 0 Å². The molecular formula is C20H22N4O2. The van der Waals surface area contributed by atoms with Gasteiger partial charge >= 0.3 is 0 Å². The maximum absolute atomic E-state index is 12.7. The molecule has 0 fully saturated rings. The van der Waals surface area contributed by atoms with Crippen molar-refractivity contribution < 1.29 is 4.79 Å². The summed E-state index contributed by atoms with van der Waals surface area (Å²) in [5, 5.41) is 2.89. The molecular weight excluding hydrogens is 328 g/mol. The van der Waals surface area contributed by atoms with Crippen molar-refractivity contribution in [2.75, 3.05) is 19.0 Å². The van der Waals surface area contributed by atoms with Gasteiger partial charge in [-0.05, 0) is 17.7 Å². The van der Waals surface area contributed by atoms with Gasteiger partial charge < -0.3 is 14.8 Å². The molecule has 0 aliphatic carbocycles. The molecule has 0 saturated heterocycles. The van der Waals surface area contributed by atoms with Crippen LogP contribution in [-0.2, 0) is 17.9 Å². The normalized spacial score (nSPS) is 10.7. The van der Waals surface area contributed by atoms with Crippen molar-refractivity contribution in [1.29, 1.82) is 0 Å². The average Bonchev–Trinajstić information content (AvgIpc) is 2.66. The van der Waals surface area contributed by atoms with Gasteiger partial charge in [-0.25, -0.2) is 4.98 Å². The number of rotatable bonds is 6. The molecule has 6 heteroatoms. The monoisotopic (exact) mass is 350 g/mol. The topological polar surface area (TPSA) is 67.2 Å². The Morgan fingerprint density at radius 2 is 1.77 bits per heavy atom. The molecule has 134 valence electrons. The average molecular weight is 350 g/mol. The maximum Gasteiger partial charge on any atom is 0.293 e. The zero-order chi connectivity index (χ0) is 18.5. The highest BCUT2D eigenvalue weighted by Crippen LogP contribution is 2.13. The number of aromatic nitrogens is 2. The van der Waals surface area contributed by atoms with Gasteiger partial charge in [0.05, 0.1) is 11.0 Å². The molecule has 0 saturated carbocycles. The summed E-state index contributed by atoms with van der Waals surface area (Å²) in [4.78, 5) is 31.1. The van der Waals surface area contributed by atoms with Crippen LogP contribution in [0.4, 0.5) is 5.82 Å². The van der Waals surface area contributed by atoms with Crippen molar-refractivity contribution in [3.63, 3.8) is 0 Å². The molecule has 0 bridgehead atoms. The molecule has 0 unspecified atom stereocenters. The maximum atomic E-state index is 12.7. The van der Waals surface area contributed by atoms with Crippen molar-refractivity contribution in [3.8, 4) is 0 Å². The van der Waals surface area contributed by atoms with E-state index >= 15 is 0 Å². The largest absolute Gasteiger partial charge is 0.358 e. The van der Waals surface area contributed by atoms with Gasteiger partial charge in [-0.1, -0.05) is 42.5 Å². The van der Waals surface area contributed by atoms with E-state index in [1.54, 1.807) is 23.6 Å². The summed E-state index contributed by atoms with van der Waals surface area (Å²) in [5.74, 6) is 0.279. The number of carbonyl (C=O) groups is 1. The fourth-order valence-electron chi connectivity index (χ4n) is 2.79. The first-order chi connectivity index (χ1) is 12.6. The lowest BCUT2D eigenvalue weighted by atomic mass is 10.2. The minimum absolute atomic E-state index is 0.0898. The lowest BCUT2D eigenvalue weighted by molar-refractivity contribution is -0.121. The number of nitrogens with one attached hydrogen (secondary N) is 1. The molecule has 1 N–H and O–H groups in total. The van der Waals surface area contributed by atoms with Gasteiger partial charge in [0.15, 0.2) is 5.82 Å². The molecule has 3 aromatic rings. The summed E-state index contributed by atoms with van der Waals surface area (Å²) in [6.07, 6.45) is 0.230. The van der Waals surface area contributed by atoms with Crippen LogP contribution in [0.3, 0.4) is 0 Å². The second-order valence-electron chi connectivity index (χ2n) is 6.29. The number of benzene rings is 2. The predicted molar refractivity (Wildman–Crippen MR) is 103 cm³/mol. The van der Waals surface area contributed by atoms with Crippen molar-refractivity contribution in [2.45, 2.75) is 19.5 Å². The van der Waals surface area contributed by atoms with E-state index in [4.69, 9.17) is 0 Å². The summed E-state index contributed by atoms with van der Waals surface area (Å²) in [6.45, 7) is 0.790. The Kier molecular flexibility index (Phi) is 5.31. The third-order valence-electron chi connectivity index (χ3n) is 4.15. The number of amides is 1. The summed E-state index contributed by atoms with van der Waals surface area (Å²) in [7, 11) is 3.57. The number of para-hydroxylation sites is 2. The Hall–Kier alpha value is -3.15. The van der Waals surface area contributed by atoms with Crippen molar-refractivity contribution in [3.05, 3.63) is 70.5 Å². The van der Waals surface area contributed by atoms with E-state index in [1.807, 2.05) is 54.6 Å². The number of hydrogen-bond acceptors (Lipinski definition) is 4. The van der Waals surface area contributed by atoms with Crippen LogP contribution in [-0.4, -0.2) is 29.6 Å². The first-order valence-electron chi connectivity index (χ1n) is 8.54. The molecule has 1 heterocycles. The van der Waals surface area contributed by atoms with Crippen LogP contribution in [0.5, 0.6) is 0 Å². The van der Waals surface area contributed by atoms with Crippen LogP contribution >= 0.6 is 0 Å². The third kappa shape index (κ3) is 3.91. The Morgan fingerprint density at radius 1 is 1.08 bits per heavy atom. The molecule has 0 atom stereocenters. The fourth-order valence-corrected chi connectivity index (χ4v) is 2.79. The molecule has 0 radical (unpaired) electrons. The van der Waals surface area contributed by atoms with Gasteiger partial charge in [0.25, 0.3) is 5.56 Å². The Bertz CT molecular complexity index is 964. The molecule has 0 aliphatic heterocycles. The molecule has 0 spiro atoms. The van der Waals surface area contributed by atoms with Gasteiger partial charge in [-0.15, -0.1) is 0 Å². The van der Waals surface area contributed by atoms with Gasteiger partial charge in [0.1, 0.15) is 0 Å². The molecule has 26 heavy (non-hydrogen) atoms. The van der Waals surface area contributed by atoms with E-state index in [2.05, 4.69) is 10.3 Å². The first kappa shape index (κ1) is 17.7. The van der Waals surface area contributed by atoms with E-state index in [9.17, 15) is 9.59 Å². The lowest BCUT2D eigenvalue weighted by Crippen LogP contribution is -2.31. The van der Waals surface area contributed by atoms with Crippen molar-refractivity contribution in [2.24, 2.45) is 0 Å². The molecule has 0 aliphatic rings. The standard InChI is InChI=1S/C20H22N4O2/c1-23(2)19-20(26)24(17-11-7-6-10-16(17)22-19)13-12-18(25)21-14-15-8-4-3-5-9-15/h3-11H,12-14H2,1-2H3,(H,21,25). The summed E-state index contributed by atoms with van der Waals surface area (Å²) >= 11 is 0. The van der Waals surface area contributed by atoms with Crippen LogP contribution in [0, 0.1) is 0 Å². The van der Waals surface area contributed by atoms with Crippen molar-refractivity contribution >= 4 is 22.8 Å². The molecule has 1 aromatic heterocycles. The minimum Gasteiger partial charge on any atom is -0.358 e. The second kappa shape index (κ2) is 7.82. The van der Waals surface area contributed by atoms with Gasteiger partial charge in [0, 0.05) is 33.6 Å². The Morgan fingerprint density at radius 3 is 2.50 bits per heavy atom. The van der Waals surface area contributed by atoms with Gasteiger partial charge in [0.2, 0.25) is 5.91 Å². The fraction of sp³-hybridized carbons (Fsp3) is 0.250. The zero-order valence-electron chi connectivity index (χ0n) is 15.0. The Balaban J connectivity index is 1.76. The molecule has 2 aromatic carbocycles. The zero-order valence-corrected chi connectivity index (χ0v) is 15.0. The quantitative estimate of drug-likeness (QED) is 0.740. The summed E-state index contributed by atoms with van der Waals surface area (Å²) < 4.78 is 1.62. The number of hydrogen-bond donors (Lipinski definition) is 1. The SMILES string of the molecule is CN(C)c1nc2ccccc2n(CCC(=O)NCc2ccccc2)c1=O. The highest BCUT2D eigenvalue weighted by molar-refractivity contribution is 5.78. The second-order valence-corrected chi connectivity index (χ2v) is 6.29. The first-order valence-corrected chi connectivity index (χ1v) is 8.54. The van der Waals surface area contributed by atoms with E-state index in [0.717, 1.165) is 16.6 Å². The Labute approximate surface area is 152 Å². The number of aryl methyl sites for hydroxylation is 1. The lowest BCUT2D eigenvalue weighted by Gasteiger charge is -2.16. The minimum atomic E-state index is -0.190. The number of fused-ring (bicyclic) bond motifs is 1. The van der Waals surface area contributed by atoms with E-state index in [0.29, 0.717) is 18.9 Å². The predicted octanol–water partition coefficient (Wildman–Crippen LogP) is 2.17. The van der Waals surface area contributed by atoms with Crippen LogP contribution in [0.2, 0.25) is 0 Å². The van der Waals surface area contributed by atoms with Crippen LogP contribution in [0.25, 0.3) is 11.0 Å². The van der Waals surface area contributed by atoms with Crippen LogP contribution in [0.15, 0.2) is 59.4 Å². The summed E-state index contributed by atoms with van der Waals surface area (Å²) in [5.41, 5.74) is 2.33. The van der Waals surface area contributed by atoms with E-state index in [-0.39, 0.29) is 17.9 Å².